The molecule has 1 aromatic heterocycles. The first-order valence-corrected chi connectivity index (χ1v) is 7.49. The molecule has 3 aromatic rings. The molecule has 4 rings (SSSR count). The molecule has 0 fully saturated rings. The van der Waals surface area contributed by atoms with E-state index in [4.69, 9.17) is 14.9 Å². The molecule has 0 saturated carbocycles. The second-order valence-corrected chi connectivity index (χ2v) is 5.60. The van der Waals surface area contributed by atoms with E-state index in [1.54, 1.807) is 24.3 Å². The molecule has 0 amide bonds. The molecule has 6 heteroatoms. The fourth-order valence-corrected chi connectivity index (χ4v) is 3.05. The molecule has 1 atom stereocenters. The van der Waals surface area contributed by atoms with Gasteiger partial charge in [-0.1, -0.05) is 24.3 Å². The maximum atomic E-state index is 13.3. The summed E-state index contributed by atoms with van der Waals surface area (Å²) in [4.78, 5) is 12.6. The molecule has 0 unspecified atom stereocenters. The van der Waals surface area contributed by atoms with Crippen LogP contribution in [0.25, 0.3) is 11.0 Å². The summed E-state index contributed by atoms with van der Waals surface area (Å²) < 4.78 is 24.3. The smallest absolute Gasteiger partial charge is 0.344 e. The lowest BCUT2D eigenvalue weighted by atomic mass is 9.84. The molecule has 0 saturated heterocycles. The number of nitrogens with zero attached hydrogens (tertiary/aromatic N) is 1. The Bertz CT molecular complexity index is 1120. The summed E-state index contributed by atoms with van der Waals surface area (Å²) in [6, 6.07) is 14.4. The van der Waals surface area contributed by atoms with E-state index in [2.05, 4.69) is 0 Å². The van der Waals surface area contributed by atoms with Crippen molar-refractivity contribution in [2.45, 2.75) is 5.92 Å². The van der Waals surface area contributed by atoms with Gasteiger partial charge in [0.2, 0.25) is 5.88 Å². The Morgan fingerprint density at radius 2 is 1.84 bits per heavy atom. The van der Waals surface area contributed by atoms with Gasteiger partial charge in [0, 0.05) is 0 Å². The van der Waals surface area contributed by atoms with Gasteiger partial charge in [-0.2, -0.15) is 5.26 Å². The van der Waals surface area contributed by atoms with Crippen LogP contribution in [0.1, 0.15) is 17.0 Å². The first-order valence-electron chi connectivity index (χ1n) is 7.49. The molecule has 25 heavy (non-hydrogen) atoms. The quantitative estimate of drug-likeness (QED) is 0.691. The minimum atomic E-state index is -0.782. The van der Waals surface area contributed by atoms with Gasteiger partial charge in [-0.25, -0.2) is 9.18 Å². The third-order valence-corrected chi connectivity index (χ3v) is 4.18. The number of hydrogen-bond acceptors (Lipinski definition) is 5. The lowest BCUT2D eigenvalue weighted by molar-refractivity contribution is 0.388. The second-order valence-electron chi connectivity index (χ2n) is 5.60. The van der Waals surface area contributed by atoms with Crippen LogP contribution in [0.4, 0.5) is 4.39 Å². The van der Waals surface area contributed by atoms with Crippen molar-refractivity contribution in [3.63, 3.8) is 0 Å². The molecule has 1 aliphatic heterocycles. The molecule has 2 aromatic carbocycles. The number of hydrogen-bond donors (Lipinski definition) is 1. The van der Waals surface area contributed by atoms with Gasteiger partial charge in [0.1, 0.15) is 23.0 Å². The van der Waals surface area contributed by atoms with Crippen LogP contribution in [0.15, 0.2) is 69.2 Å². The molecule has 0 spiro atoms. The summed E-state index contributed by atoms with van der Waals surface area (Å²) in [6.07, 6.45) is 0. The summed E-state index contributed by atoms with van der Waals surface area (Å²) in [5, 5.41) is 10.1. The van der Waals surface area contributed by atoms with E-state index in [0.29, 0.717) is 16.5 Å². The van der Waals surface area contributed by atoms with Crippen molar-refractivity contribution in [2.24, 2.45) is 5.73 Å². The van der Waals surface area contributed by atoms with Crippen molar-refractivity contribution in [2.75, 3.05) is 0 Å². The highest BCUT2D eigenvalue weighted by atomic mass is 19.1. The normalized spacial score (nSPS) is 16.2. The van der Waals surface area contributed by atoms with Gasteiger partial charge in [-0.15, -0.1) is 0 Å². The monoisotopic (exact) mass is 334 g/mol. The average Bonchev–Trinajstić information content (AvgIpc) is 2.61. The van der Waals surface area contributed by atoms with Crippen LogP contribution in [-0.2, 0) is 0 Å². The molecule has 2 N–H and O–H groups in total. The third kappa shape index (κ3) is 2.25. The van der Waals surface area contributed by atoms with Crippen LogP contribution in [-0.4, -0.2) is 0 Å². The number of benzene rings is 2. The van der Waals surface area contributed by atoms with Gasteiger partial charge in [0.25, 0.3) is 0 Å². The fourth-order valence-electron chi connectivity index (χ4n) is 3.05. The highest BCUT2D eigenvalue weighted by Gasteiger charge is 2.35. The van der Waals surface area contributed by atoms with Gasteiger partial charge in [-0.05, 0) is 29.8 Å². The number of halogens is 1. The van der Waals surface area contributed by atoms with E-state index in [1.165, 1.54) is 24.3 Å². The summed E-state index contributed by atoms with van der Waals surface area (Å²) >= 11 is 0. The third-order valence-electron chi connectivity index (χ3n) is 4.18. The topological polar surface area (TPSA) is 89.3 Å². The zero-order chi connectivity index (χ0) is 17.6. The van der Waals surface area contributed by atoms with Crippen LogP contribution in [0.5, 0.6) is 5.75 Å². The summed E-state index contributed by atoms with van der Waals surface area (Å²) in [6.45, 7) is 0. The number of allylic oxidation sites excluding steroid dienone is 1. The lowest BCUT2D eigenvalue weighted by Gasteiger charge is -2.25. The molecule has 0 bridgehead atoms. The minimum absolute atomic E-state index is 0.0833. The van der Waals surface area contributed by atoms with Crippen molar-refractivity contribution >= 4 is 11.0 Å². The second kappa shape index (κ2) is 5.49. The highest BCUT2D eigenvalue weighted by molar-refractivity contribution is 5.85. The molecule has 122 valence electrons. The van der Waals surface area contributed by atoms with E-state index in [9.17, 15) is 14.4 Å². The van der Waals surface area contributed by atoms with Crippen molar-refractivity contribution in [1.29, 1.82) is 5.26 Å². The van der Waals surface area contributed by atoms with Crippen LogP contribution in [0.3, 0.4) is 0 Å². The van der Waals surface area contributed by atoms with Gasteiger partial charge in [-0.3, -0.25) is 0 Å². The summed E-state index contributed by atoms with van der Waals surface area (Å²) in [5.74, 6) is -1.02. The Hall–Kier alpha value is -3.59. The fraction of sp³-hybridized carbons (Fsp3) is 0.0526. The highest BCUT2D eigenvalue weighted by Crippen LogP contribution is 2.43. The molecule has 0 aliphatic carbocycles. The summed E-state index contributed by atoms with van der Waals surface area (Å²) in [5.41, 5.74) is 6.48. The van der Waals surface area contributed by atoms with Gasteiger partial charge in [0.15, 0.2) is 5.75 Å². The molecular formula is C19H11FN2O3. The zero-order valence-corrected chi connectivity index (χ0v) is 12.8. The van der Waals surface area contributed by atoms with Crippen LogP contribution in [0.2, 0.25) is 0 Å². The Morgan fingerprint density at radius 1 is 1.12 bits per heavy atom. The van der Waals surface area contributed by atoms with E-state index in [1.807, 2.05) is 6.07 Å². The molecule has 1 aliphatic rings. The number of rotatable bonds is 1. The van der Waals surface area contributed by atoms with E-state index >= 15 is 0 Å². The number of fused-ring (bicyclic) bond motifs is 3. The van der Waals surface area contributed by atoms with Crippen LogP contribution in [0, 0.1) is 17.1 Å². The van der Waals surface area contributed by atoms with Crippen molar-refractivity contribution in [3.8, 4) is 11.8 Å². The standard InChI is InChI=1S/C19H11FN2O3/c20-11-7-5-10(6-8-11)15-13(9-21)18(22)25-17-12-3-1-2-4-14(12)24-19(23)16(15)17/h1-8,15H,22H2/t15-/m1/s1. The minimum Gasteiger partial charge on any atom is -0.439 e. The van der Waals surface area contributed by atoms with Gasteiger partial charge < -0.3 is 14.9 Å². The maximum Gasteiger partial charge on any atom is 0.344 e. The molecular weight excluding hydrogens is 323 g/mol. The number of nitriles is 1. The van der Waals surface area contributed by atoms with Crippen LogP contribution < -0.4 is 16.1 Å². The lowest BCUT2D eigenvalue weighted by Crippen LogP contribution is -2.26. The van der Waals surface area contributed by atoms with Gasteiger partial charge >= 0.3 is 5.63 Å². The summed E-state index contributed by atoms with van der Waals surface area (Å²) in [7, 11) is 0. The largest absolute Gasteiger partial charge is 0.439 e. The Balaban J connectivity index is 2.08. The number of ether oxygens (including phenoxy) is 1. The molecule has 0 radical (unpaired) electrons. The van der Waals surface area contributed by atoms with Crippen molar-refractivity contribution in [3.05, 3.63) is 87.4 Å². The van der Waals surface area contributed by atoms with Gasteiger partial charge in [0.05, 0.1) is 16.9 Å². The predicted octanol–water partition coefficient (Wildman–Crippen LogP) is 3.15. The van der Waals surface area contributed by atoms with E-state index in [0.717, 1.165) is 0 Å². The Morgan fingerprint density at radius 3 is 2.56 bits per heavy atom. The van der Waals surface area contributed by atoms with Crippen molar-refractivity contribution < 1.29 is 13.5 Å². The maximum absolute atomic E-state index is 13.3. The molecule has 5 nitrogen and oxygen atoms in total. The molecule has 2 heterocycles. The SMILES string of the molecule is N#CC1=C(N)Oc2c(c(=O)oc3ccccc23)[C@@H]1c1ccc(F)cc1. The van der Waals surface area contributed by atoms with E-state index in [-0.39, 0.29) is 22.8 Å². The predicted molar refractivity (Wildman–Crippen MR) is 88.2 cm³/mol. The van der Waals surface area contributed by atoms with Crippen LogP contribution >= 0.6 is 0 Å². The Kier molecular flexibility index (Phi) is 3.29. The Labute approximate surface area is 141 Å². The van der Waals surface area contributed by atoms with Crippen molar-refractivity contribution in [1.82, 2.24) is 0 Å². The zero-order valence-electron chi connectivity index (χ0n) is 12.8. The van der Waals surface area contributed by atoms with E-state index < -0.39 is 17.4 Å². The first-order chi connectivity index (χ1) is 12.1. The number of para-hydroxylation sites is 1. The number of nitrogens with two attached hydrogens (primary N) is 1. The first kappa shape index (κ1) is 15.0. The average molecular weight is 334 g/mol.